The molecule has 3 aromatic rings. The maximum Gasteiger partial charge on any atom is 0.326 e. The van der Waals surface area contributed by atoms with E-state index < -0.39 is 6.03 Å². The molecular weight excluding hydrogens is 408 g/mol. The minimum atomic E-state index is -0.396. The zero-order valence-electron chi connectivity index (χ0n) is 16.2. The number of nitrogens with one attached hydrogen (secondary N) is 1. The SMILES string of the molecule is COc1ccccc1OCCNC(=O)N1c2ccccc2Oc2cccc(O)c21.Cl. The zero-order valence-corrected chi connectivity index (χ0v) is 17.0. The molecule has 1 heterocycles. The number of urea groups is 1. The maximum absolute atomic E-state index is 13.0. The smallest absolute Gasteiger partial charge is 0.326 e. The number of carbonyl (C=O) groups excluding carboxylic acids is 1. The Labute approximate surface area is 180 Å². The van der Waals surface area contributed by atoms with Crippen molar-refractivity contribution in [3.8, 4) is 28.7 Å². The van der Waals surface area contributed by atoms with Crippen LogP contribution in [0.5, 0.6) is 28.7 Å². The fourth-order valence-electron chi connectivity index (χ4n) is 3.13. The van der Waals surface area contributed by atoms with Crippen LogP contribution < -0.4 is 24.4 Å². The molecule has 156 valence electrons. The van der Waals surface area contributed by atoms with E-state index >= 15 is 0 Å². The van der Waals surface area contributed by atoms with Crippen molar-refractivity contribution in [2.45, 2.75) is 0 Å². The molecule has 0 aliphatic carbocycles. The molecule has 0 spiro atoms. The number of hydrogen-bond donors (Lipinski definition) is 2. The first kappa shape index (κ1) is 21.1. The molecule has 7 nitrogen and oxygen atoms in total. The van der Waals surface area contributed by atoms with Crippen molar-refractivity contribution in [2.24, 2.45) is 0 Å². The molecule has 0 saturated heterocycles. The molecule has 0 unspecified atom stereocenters. The summed E-state index contributed by atoms with van der Waals surface area (Å²) in [5, 5.41) is 13.2. The highest BCUT2D eigenvalue weighted by atomic mass is 35.5. The third-order valence-corrected chi connectivity index (χ3v) is 4.44. The van der Waals surface area contributed by atoms with Crippen molar-refractivity contribution in [2.75, 3.05) is 25.2 Å². The lowest BCUT2D eigenvalue weighted by Crippen LogP contribution is -2.40. The van der Waals surface area contributed by atoms with Crippen molar-refractivity contribution in [3.05, 3.63) is 66.7 Å². The van der Waals surface area contributed by atoms with E-state index in [2.05, 4.69) is 5.32 Å². The van der Waals surface area contributed by atoms with Crippen LogP contribution >= 0.6 is 12.4 Å². The van der Waals surface area contributed by atoms with Crippen LogP contribution in [0.1, 0.15) is 0 Å². The number of phenols is 1. The average molecular weight is 429 g/mol. The Morgan fingerprint density at radius 2 is 1.70 bits per heavy atom. The van der Waals surface area contributed by atoms with Crippen LogP contribution in [0, 0.1) is 0 Å². The predicted molar refractivity (Wildman–Crippen MR) is 116 cm³/mol. The van der Waals surface area contributed by atoms with Gasteiger partial charge in [-0.1, -0.05) is 30.3 Å². The summed E-state index contributed by atoms with van der Waals surface area (Å²) in [4.78, 5) is 14.4. The van der Waals surface area contributed by atoms with Gasteiger partial charge in [-0.05, 0) is 36.4 Å². The lowest BCUT2D eigenvalue weighted by Gasteiger charge is -2.31. The van der Waals surface area contributed by atoms with Gasteiger partial charge < -0.3 is 24.6 Å². The molecule has 2 N–H and O–H groups in total. The first-order chi connectivity index (χ1) is 14.2. The monoisotopic (exact) mass is 428 g/mol. The molecule has 0 fully saturated rings. The normalized spacial score (nSPS) is 11.3. The first-order valence-corrected chi connectivity index (χ1v) is 9.11. The van der Waals surface area contributed by atoms with Gasteiger partial charge in [0.2, 0.25) is 0 Å². The topological polar surface area (TPSA) is 80.3 Å². The zero-order chi connectivity index (χ0) is 20.2. The second-order valence-corrected chi connectivity index (χ2v) is 6.26. The van der Waals surface area contributed by atoms with Gasteiger partial charge in [-0.2, -0.15) is 0 Å². The molecule has 0 bridgehead atoms. The molecule has 0 aromatic heterocycles. The number of carbonyl (C=O) groups is 1. The van der Waals surface area contributed by atoms with Gasteiger partial charge in [-0.25, -0.2) is 4.79 Å². The molecule has 0 atom stereocenters. The summed E-state index contributed by atoms with van der Waals surface area (Å²) >= 11 is 0. The van der Waals surface area contributed by atoms with E-state index in [1.54, 1.807) is 49.6 Å². The quantitative estimate of drug-likeness (QED) is 0.567. The Balaban J connectivity index is 0.00000256. The van der Waals surface area contributed by atoms with Crippen molar-refractivity contribution in [1.29, 1.82) is 0 Å². The van der Waals surface area contributed by atoms with Gasteiger partial charge in [0.25, 0.3) is 0 Å². The number of nitrogens with zero attached hydrogens (tertiary/aromatic N) is 1. The summed E-state index contributed by atoms with van der Waals surface area (Å²) in [5.74, 6) is 2.12. The summed E-state index contributed by atoms with van der Waals surface area (Å²) in [6.45, 7) is 0.519. The van der Waals surface area contributed by atoms with Gasteiger partial charge >= 0.3 is 6.03 Å². The second-order valence-electron chi connectivity index (χ2n) is 6.26. The highest BCUT2D eigenvalue weighted by molar-refractivity contribution is 6.04. The first-order valence-electron chi connectivity index (χ1n) is 9.11. The number of hydrogen-bond acceptors (Lipinski definition) is 5. The average Bonchev–Trinajstić information content (AvgIpc) is 2.75. The van der Waals surface area contributed by atoms with E-state index in [1.165, 1.54) is 11.0 Å². The van der Waals surface area contributed by atoms with Crippen LogP contribution in [-0.2, 0) is 0 Å². The summed E-state index contributed by atoms with van der Waals surface area (Å²) in [6.07, 6.45) is 0. The summed E-state index contributed by atoms with van der Waals surface area (Å²) in [7, 11) is 1.57. The number of halogens is 1. The summed E-state index contributed by atoms with van der Waals surface area (Å²) < 4.78 is 16.8. The van der Waals surface area contributed by atoms with Gasteiger partial charge in [0.05, 0.1) is 19.3 Å². The standard InChI is InChI=1S/C22H20N2O5.ClH/c1-27-18-10-4-5-11-19(18)28-14-13-23-22(26)24-15-7-2-3-9-17(15)29-20-12-6-8-16(25)21(20)24;/h2-12,25H,13-14H2,1H3,(H,23,26);1H. The molecule has 8 heteroatoms. The Bertz CT molecular complexity index is 1040. The van der Waals surface area contributed by atoms with E-state index in [0.717, 1.165) is 0 Å². The lowest BCUT2D eigenvalue weighted by atomic mass is 10.1. The lowest BCUT2D eigenvalue weighted by molar-refractivity contribution is 0.242. The predicted octanol–water partition coefficient (Wildman–Crippen LogP) is 4.86. The third kappa shape index (κ3) is 4.06. The second kappa shape index (κ2) is 9.28. The molecule has 3 aromatic carbocycles. The third-order valence-electron chi connectivity index (χ3n) is 4.44. The summed E-state index contributed by atoms with van der Waals surface area (Å²) in [5.41, 5.74) is 0.846. The molecule has 0 radical (unpaired) electrons. The maximum atomic E-state index is 13.0. The number of para-hydroxylation sites is 5. The highest BCUT2D eigenvalue weighted by Gasteiger charge is 2.31. The number of methoxy groups -OCH3 is 1. The van der Waals surface area contributed by atoms with Gasteiger partial charge in [0, 0.05) is 0 Å². The van der Waals surface area contributed by atoms with Gasteiger partial charge in [-0.15, -0.1) is 12.4 Å². The number of ether oxygens (including phenoxy) is 3. The Hall–Kier alpha value is -3.58. The van der Waals surface area contributed by atoms with Crippen LogP contribution in [0.3, 0.4) is 0 Å². The Kier molecular flexibility index (Phi) is 6.54. The fourth-order valence-corrected chi connectivity index (χ4v) is 3.13. The van der Waals surface area contributed by atoms with E-state index in [1.807, 2.05) is 18.2 Å². The van der Waals surface area contributed by atoms with Gasteiger partial charge in [0.15, 0.2) is 23.0 Å². The molecule has 1 aliphatic rings. The number of anilines is 2. The van der Waals surface area contributed by atoms with E-state index in [9.17, 15) is 9.90 Å². The number of phenolic OH excluding ortho intramolecular Hbond substituents is 1. The van der Waals surface area contributed by atoms with Crippen LogP contribution in [0.25, 0.3) is 0 Å². The van der Waals surface area contributed by atoms with Crippen LogP contribution in [0.2, 0.25) is 0 Å². The number of benzene rings is 3. The molecule has 30 heavy (non-hydrogen) atoms. The summed E-state index contributed by atoms with van der Waals surface area (Å²) in [6, 6.07) is 19.0. The van der Waals surface area contributed by atoms with Crippen molar-refractivity contribution in [3.63, 3.8) is 0 Å². The van der Waals surface area contributed by atoms with Crippen molar-refractivity contribution < 1.29 is 24.1 Å². The van der Waals surface area contributed by atoms with Crippen LogP contribution in [0.15, 0.2) is 66.7 Å². The number of rotatable bonds is 5. The van der Waals surface area contributed by atoms with E-state index in [-0.39, 0.29) is 31.3 Å². The number of amides is 2. The largest absolute Gasteiger partial charge is 0.506 e. The van der Waals surface area contributed by atoms with Crippen LogP contribution in [0.4, 0.5) is 16.2 Å². The van der Waals surface area contributed by atoms with Gasteiger partial charge in [-0.3, -0.25) is 4.90 Å². The molecule has 4 rings (SSSR count). The molecule has 0 saturated carbocycles. The van der Waals surface area contributed by atoms with Crippen LogP contribution in [-0.4, -0.2) is 31.4 Å². The minimum Gasteiger partial charge on any atom is -0.506 e. The number of aromatic hydroxyl groups is 1. The number of fused-ring (bicyclic) bond motifs is 2. The van der Waals surface area contributed by atoms with Crippen molar-refractivity contribution >= 4 is 29.8 Å². The molecule has 1 aliphatic heterocycles. The molecular formula is C22H21ClN2O5. The highest BCUT2D eigenvalue weighted by Crippen LogP contribution is 2.50. The molecule has 2 amide bonds. The minimum absolute atomic E-state index is 0. The van der Waals surface area contributed by atoms with Crippen molar-refractivity contribution in [1.82, 2.24) is 5.32 Å². The van der Waals surface area contributed by atoms with Gasteiger partial charge in [0.1, 0.15) is 18.0 Å². The van der Waals surface area contributed by atoms with E-state index in [0.29, 0.717) is 34.4 Å². The van der Waals surface area contributed by atoms with E-state index in [4.69, 9.17) is 14.2 Å². The Morgan fingerprint density at radius 1 is 1.00 bits per heavy atom. The fraction of sp³-hybridized carbons (Fsp3) is 0.136. The Morgan fingerprint density at radius 3 is 2.50 bits per heavy atom.